The second-order valence-electron chi connectivity index (χ2n) is 14.7. The van der Waals surface area contributed by atoms with Crippen LogP contribution in [0.2, 0.25) is 15.1 Å². The zero-order chi connectivity index (χ0) is 41.1. The third-order valence-electron chi connectivity index (χ3n) is 10.3. The van der Waals surface area contributed by atoms with E-state index in [0.29, 0.717) is 11.4 Å². The zero-order valence-corrected chi connectivity index (χ0v) is 34.4. The Hall–Kier alpha value is -5.10. The number of nitrogens with one attached hydrogen (secondary N) is 2. The van der Waals surface area contributed by atoms with Crippen molar-refractivity contribution in [2.45, 2.75) is 71.1 Å². The van der Waals surface area contributed by atoms with Gasteiger partial charge >= 0.3 is 0 Å². The average molecular weight is 820 g/mol. The molecule has 4 aromatic carbocycles. The van der Waals surface area contributed by atoms with Crippen LogP contribution in [-0.2, 0) is 20.4 Å². The molecule has 1 unspecified atom stereocenters. The number of anilines is 3. The molecular weight excluding hydrogens is 777 g/mol. The Morgan fingerprint density at radius 3 is 2.18 bits per heavy atom. The van der Waals surface area contributed by atoms with E-state index in [2.05, 4.69) is 63.3 Å². The van der Waals surface area contributed by atoms with Crippen molar-refractivity contribution < 1.29 is 29.0 Å². The number of para-hydroxylation sites is 1. The Morgan fingerprint density at radius 1 is 0.875 bits per heavy atom. The van der Waals surface area contributed by atoms with Crippen molar-refractivity contribution in [3.8, 4) is 5.75 Å². The maximum absolute atomic E-state index is 14.1. The van der Waals surface area contributed by atoms with Crippen LogP contribution in [-0.4, -0.2) is 43.3 Å². The van der Waals surface area contributed by atoms with Gasteiger partial charge in [-0.2, -0.15) is 10.1 Å². The molecular formula is C42H43Cl3N5O6-. The molecule has 2 N–H and O–H groups in total. The number of amidine groups is 1. The number of hydrogen-bond acceptors (Lipinski definition) is 7. The lowest BCUT2D eigenvalue weighted by atomic mass is 9.76. The summed E-state index contributed by atoms with van der Waals surface area (Å²) in [6.45, 7) is 12.7. The van der Waals surface area contributed by atoms with Crippen LogP contribution in [0.3, 0.4) is 0 Å². The fraction of sp³-hybridized carbons (Fsp3) is 0.310. The molecule has 294 valence electrons. The number of rotatable bonds is 12. The highest BCUT2D eigenvalue weighted by atomic mass is 35.5. The molecule has 11 nitrogen and oxygen atoms in total. The zero-order valence-electron chi connectivity index (χ0n) is 32.1. The Morgan fingerprint density at radius 2 is 1.54 bits per heavy atom. The van der Waals surface area contributed by atoms with Crippen molar-refractivity contribution in [1.29, 1.82) is 0 Å². The molecule has 1 aliphatic rings. The molecule has 0 aromatic heterocycles. The molecule has 4 amide bonds. The predicted octanol–water partition coefficient (Wildman–Crippen LogP) is 8.69. The van der Waals surface area contributed by atoms with Crippen LogP contribution in [0, 0.1) is 0 Å². The Bertz CT molecular complexity index is 2200. The highest BCUT2D eigenvalue weighted by Crippen LogP contribution is 2.42. The maximum Gasteiger partial charge on any atom is 0.262 e. The number of carboxylic acid groups (broad SMARTS) is 1. The van der Waals surface area contributed by atoms with E-state index in [9.17, 15) is 24.3 Å². The predicted molar refractivity (Wildman–Crippen MR) is 220 cm³/mol. The molecule has 0 fully saturated rings. The molecule has 0 aliphatic carbocycles. The van der Waals surface area contributed by atoms with E-state index in [1.165, 1.54) is 42.9 Å². The van der Waals surface area contributed by atoms with Crippen molar-refractivity contribution in [2.24, 2.45) is 5.10 Å². The Balaban J connectivity index is 1.39. The third-order valence-corrected chi connectivity index (χ3v) is 11.1. The SMILES string of the molecule is CCC(C)(C)c1ccc(OCC(=O)Nc2cccc(C(=O)NC3=NN(c4c(Cl)cc(Cl)cc4Cl)C(=O)C3c3ccccc3N(C)C(=O)[O-])c2)c(C(C)(C)CC)c1. The van der Waals surface area contributed by atoms with E-state index >= 15 is 0 Å². The van der Waals surface area contributed by atoms with Gasteiger partial charge in [0, 0.05) is 34.6 Å². The third kappa shape index (κ3) is 8.96. The van der Waals surface area contributed by atoms with Crippen LogP contribution >= 0.6 is 34.8 Å². The summed E-state index contributed by atoms with van der Waals surface area (Å²) in [5.41, 5.74) is 2.79. The fourth-order valence-electron chi connectivity index (χ4n) is 6.13. The van der Waals surface area contributed by atoms with E-state index in [-0.39, 0.29) is 60.8 Å². The van der Waals surface area contributed by atoms with Crippen molar-refractivity contribution in [2.75, 3.05) is 28.9 Å². The second kappa shape index (κ2) is 17.0. The van der Waals surface area contributed by atoms with Gasteiger partial charge in [-0.05, 0) is 77.3 Å². The number of amides is 4. The smallest absolute Gasteiger partial charge is 0.262 e. The van der Waals surface area contributed by atoms with Gasteiger partial charge < -0.3 is 30.2 Å². The monoisotopic (exact) mass is 818 g/mol. The molecule has 0 saturated carbocycles. The molecule has 1 heterocycles. The number of benzene rings is 4. The van der Waals surface area contributed by atoms with E-state index in [0.717, 1.165) is 28.3 Å². The summed E-state index contributed by atoms with van der Waals surface area (Å²) in [4.78, 5) is 53.9. The Labute approximate surface area is 341 Å². The van der Waals surface area contributed by atoms with Gasteiger partial charge in [-0.1, -0.05) is 113 Å². The molecule has 1 atom stereocenters. The lowest BCUT2D eigenvalue weighted by Gasteiger charge is -2.30. The maximum atomic E-state index is 14.1. The summed E-state index contributed by atoms with van der Waals surface area (Å²) in [5.74, 6) is -2.60. The molecule has 0 saturated heterocycles. The summed E-state index contributed by atoms with van der Waals surface area (Å²) in [6.07, 6.45) is 0.313. The Kier molecular flexibility index (Phi) is 12.7. The summed E-state index contributed by atoms with van der Waals surface area (Å²) in [6, 6.07) is 21.4. The largest absolute Gasteiger partial charge is 0.530 e. The van der Waals surface area contributed by atoms with Crippen LogP contribution < -0.4 is 30.4 Å². The van der Waals surface area contributed by atoms with Crippen LogP contribution in [0.4, 0.5) is 21.9 Å². The first-order valence-electron chi connectivity index (χ1n) is 18.0. The average Bonchev–Trinajstić information content (AvgIpc) is 3.46. The van der Waals surface area contributed by atoms with Gasteiger partial charge in [-0.25, -0.2) is 0 Å². The minimum Gasteiger partial charge on any atom is -0.530 e. The summed E-state index contributed by atoms with van der Waals surface area (Å²) < 4.78 is 6.09. The minimum atomic E-state index is -1.52. The second-order valence-corrected chi connectivity index (χ2v) is 16.0. The molecule has 0 bridgehead atoms. The molecule has 0 radical (unpaired) electrons. The van der Waals surface area contributed by atoms with E-state index in [4.69, 9.17) is 39.5 Å². The highest BCUT2D eigenvalue weighted by molar-refractivity contribution is 6.43. The number of ether oxygens (including phenoxy) is 1. The normalized spacial score (nSPS) is 14.3. The first-order valence-corrected chi connectivity index (χ1v) is 19.1. The number of nitrogens with zero attached hydrogens (tertiary/aromatic N) is 3. The molecule has 56 heavy (non-hydrogen) atoms. The first-order chi connectivity index (χ1) is 26.4. The van der Waals surface area contributed by atoms with Crippen molar-refractivity contribution in [1.82, 2.24) is 5.32 Å². The van der Waals surface area contributed by atoms with Gasteiger partial charge in [0.25, 0.3) is 17.7 Å². The summed E-state index contributed by atoms with van der Waals surface area (Å²) in [7, 11) is 1.27. The van der Waals surface area contributed by atoms with Crippen LogP contribution in [0.15, 0.2) is 84.0 Å². The van der Waals surface area contributed by atoms with Crippen molar-refractivity contribution in [3.63, 3.8) is 0 Å². The van der Waals surface area contributed by atoms with E-state index in [1.807, 2.05) is 12.1 Å². The van der Waals surface area contributed by atoms with Gasteiger partial charge in [-0.3, -0.25) is 14.4 Å². The van der Waals surface area contributed by atoms with Gasteiger partial charge in [-0.15, -0.1) is 0 Å². The summed E-state index contributed by atoms with van der Waals surface area (Å²) in [5, 5.41) is 23.0. The molecule has 0 spiro atoms. The fourth-order valence-corrected chi connectivity index (χ4v) is 7.11. The molecule has 1 aliphatic heterocycles. The number of hydrazone groups is 1. The van der Waals surface area contributed by atoms with Gasteiger partial charge in [0.05, 0.1) is 10.0 Å². The number of carbonyl (C=O) groups is 4. The lowest BCUT2D eigenvalue weighted by Crippen LogP contribution is -2.40. The molecule has 5 rings (SSSR count). The van der Waals surface area contributed by atoms with Crippen LogP contribution in [0.1, 0.15) is 87.4 Å². The van der Waals surface area contributed by atoms with Crippen molar-refractivity contribution >= 4 is 81.5 Å². The van der Waals surface area contributed by atoms with Gasteiger partial charge in [0.15, 0.2) is 6.61 Å². The quantitative estimate of drug-likeness (QED) is 0.146. The van der Waals surface area contributed by atoms with Gasteiger partial charge in [0.2, 0.25) is 0 Å². The van der Waals surface area contributed by atoms with Crippen LogP contribution in [0.5, 0.6) is 5.75 Å². The highest BCUT2D eigenvalue weighted by Gasteiger charge is 2.42. The minimum absolute atomic E-state index is 0.0146. The van der Waals surface area contributed by atoms with Crippen molar-refractivity contribution in [3.05, 3.63) is 116 Å². The molecule has 14 heteroatoms. The topological polar surface area (TPSA) is 143 Å². The van der Waals surface area contributed by atoms with Crippen LogP contribution in [0.25, 0.3) is 0 Å². The number of halogens is 3. The standard InChI is InChI=1S/C42H44Cl3N5O6/c1-8-41(3,4)25-17-18-33(29(20-25)42(5,6)9-2)56-23-34(51)46-27-14-12-13-24(19-27)38(52)47-37-35(28-15-10-11-16-32(28)49(7)40(54)55)39(53)50(48-37)36-30(44)21-26(43)22-31(36)45/h10-22,35H,8-9,23H2,1-7H3,(H,46,51)(H,54,55)(H,47,48,52)/p-1. The summed E-state index contributed by atoms with van der Waals surface area (Å²) >= 11 is 19.1. The van der Waals surface area contributed by atoms with E-state index in [1.54, 1.807) is 30.3 Å². The number of carbonyl (C=O) groups excluding carboxylic acids is 4. The first kappa shape index (κ1) is 42.1. The molecule has 4 aromatic rings. The number of hydrogen-bond donors (Lipinski definition) is 2. The van der Waals surface area contributed by atoms with Gasteiger partial charge in [0.1, 0.15) is 29.3 Å². The van der Waals surface area contributed by atoms with E-state index < -0.39 is 29.7 Å². The lowest BCUT2D eigenvalue weighted by molar-refractivity contribution is -0.246.